The fraction of sp³-hybridized carbons (Fsp3) is 0.550. The van der Waals surface area contributed by atoms with Crippen molar-refractivity contribution < 1.29 is 19.1 Å². The summed E-state index contributed by atoms with van der Waals surface area (Å²) < 4.78 is 5.57. The molecule has 2 atom stereocenters. The van der Waals surface area contributed by atoms with Crippen molar-refractivity contribution in [2.75, 3.05) is 26.2 Å². The fourth-order valence-corrected chi connectivity index (χ4v) is 3.07. The quantitative estimate of drug-likeness (QED) is 0.718. The number of benzene rings is 1. The summed E-state index contributed by atoms with van der Waals surface area (Å²) in [6.07, 6.45) is 1.77. The number of para-hydroxylation sites is 1. The number of piperidine rings is 1. The van der Waals surface area contributed by atoms with Crippen LogP contribution in [0.2, 0.25) is 0 Å². The van der Waals surface area contributed by atoms with Gasteiger partial charge in [-0.25, -0.2) is 0 Å². The van der Waals surface area contributed by atoms with Gasteiger partial charge in [-0.1, -0.05) is 18.2 Å². The second-order valence-electron chi connectivity index (χ2n) is 6.72. The second kappa shape index (κ2) is 10.5. The van der Waals surface area contributed by atoms with Crippen molar-refractivity contribution in [3.05, 3.63) is 30.3 Å². The van der Waals surface area contributed by atoms with Gasteiger partial charge in [0, 0.05) is 19.6 Å². The van der Waals surface area contributed by atoms with Crippen LogP contribution in [0.15, 0.2) is 30.3 Å². The Morgan fingerprint density at radius 1 is 1.26 bits per heavy atom. The van der Waals surface area contributed by atoms with Crippen LogP contribution < -0.4 is 15.4 Å². The first-order chi connectivity index (χ1) is 13.0. The molecule has 1 fully saturated rings. The number of amides is 3. The Bertz CT molecular complexity index is 635. The molecular weight excluding hydrogens is 346 g/mol. The summed E-state index contributed by atoms with van der Waals surface area (Å²) >= 11 is 0. The second-order valence-corrected chi connectivity index (χ2v) is 6.72. The summed E-state index contributed by atoms with van der Waals surface area (Å²) in [5.41, 5.74) is 0. The number of hydrogen-bond donors (Lipinski definition) is 2. The van der Waals surface area contributed by atoms with Gasteiger partial charge in [-0.3, -0.25) is 14.4 Å². The van der Waals surface area contributed by atoms with Crippen LogP contribution in [-0.2, 0) is 14.4 Å². The molecule has 0 bridgehead atoms. The molecule has 1 heterocycles. The van der Waals surface area contributed by atoms with E-state index in [1.807, 2.05) is 37.3 Å². The average molecular weight is 375 g/mol. The maximum Gasteiger partial charge on any atom is 0.242 e. The Kier molecular flexibility index (Phi) is 8.10. The third-order valence-electron chi connectivity index (χ3n) is 4.58. The summed E-state index contributed by atoms with van der Waals surface area (Å²) in [4.78, 5) is 38.3. The Hall–Kier alpha value is -2.57. The van der Waals surface area contributed by atoms with E-state index in [9.17, 15) is 14.4 Å². The van der Waals surface area contributed by atoms with Crippen molar-refractivity contribution in [2.45, 2.75) is 39.2 Å². The highest BCUT2D eigenvalue weighted by atomic mass is 16.5. The summed E-state index contributed by atoms with van der Waals surface area (Å²) in [5, 5.41) is 5.43. The first-order valence-corrected chi connectivity index (χ1v) is 9.55. The molecular formula is C20H29N3O4. The van der Waals surface area contributed by atoms with Gasteiger partial charge in [0.15, 0.2) is 0 Å². The molecule has 1 saturated heterocycles. The first kappa shape index (κ1) is 20.7. The van der Waals surface area contributed by atoms with E-state index in [0.717, 1.165) is 18.6 Å². The number of carbonyl (C=O) groups excluding carboxylic acids is 3. The summed E-state index contributed by atoms with van der Waals surface area (Å²) in [7, 11) is 0. The zero-order valence-electron chi connectivity index (χ0n) is 16.1. The largest absolute Gasteiger partial charge is 0.493 e. The molecule has 0 radical (unpaired) electrons. The molecule has 7 heteroatoms. The van der Waals surface area contributed by atoms with Gasteiger partial charge >= 0.3 is 0 Å². The molecule has 7 nitrogen and oxygen atoms in total. The molecule has 0 aliphatic carbocycles. The number of likely N-dealkylation sites (tertiary alicyclic amines) is 1. The lowest BCUT2D eigenvalue weighted by Gasteiger charge is -2.32. The van der Waals surface area contributed by atoms with E-state index in [1.54, 1.807) is 11.8 Å². The average Bonchev–Trinajstić information content (AvgIpc) is 2.69. The number of hydrogen-bond acceptors (Lipinski definition) is 4. The molecule has 148 valence electrons. The molecule has 1 aromatic rings. The van der Waals surface area contributed by atoms with Crippen molar-refractivity contribution >= 4 is 17.7 Å². The Labute approximate surface area is 160 Å². The standard InChI is InChI=1S/C20H29N3O4/c1-3-21-19(25)15(2)22-20(26)16-8-7-12-23(14-16)18(24)11-13-27-17-9-5-4-6-10-17/h4-6,9-10,15-16H,3,7-8,11-14H2,1-2H3,(H,21,25)(H,22,26)/t15-,16-/m0/s1. The van der Waals surface area contributed by atoms with Crippen molar-refractivity contribution in [1.82, 2.24) is 15.5 Å². The third-order valence-corrected chi connectivity index (χ3v) is 4.58. The van der Waals surface area contributed by atoms with Gasteiger partial charge in [-0.2, -0.15) is 0 Å². The monoisotopic (exact) mass is 375 g/mol. The smallest absolute Gasteiger partial charge is 0.242 e. The van der Waals surface area contributed by atoms with Gasteiger partial charge in [0.25, 0.3) is 0 Å². The lowest BCUT2D eigenvalue weighted by atomic mass is 9.96. The Balaban J connectivity index is 1.77. The highest BCUT2D eigenvalue weighted by Crippen LogP contribution is 2.18. The highest BCUT2D eigenvalue weighted by molar-refractivity contribution is 5.88. The molecule has 2 N–H and O–H groups in total. The van der Waals surface area contributed by atoms with E-state index in [4.69, 9.17) is 4.74 Å². The van der Waals surface area contributed by atoms with Crippen LogP contribution in [0, 0.1) is 5.92 Å². The number of likely N-dealkylation sites (N-methyl/N-ethyl adjacent to an activating group) is 1. The van der Waals surface area contributed by atoms with Gasteiger partial charge in [0.05, 0.1) is 18.9 Å². The minimum atomic E-state index is -0.581. The molecule has 2 rings (SSSR count). The van der Waals surface area contributed by atoms with Gasteiger partial charge < -0.3 is 20.3 Å². The molecule has 1 aliphatic rings. The van der Waals surface area contributed by atoms with Crippen LogP contribution in [0.3, 0.4) is 0 Å². The van der Waals surface area contributed by atoms with Crippen LogP contribution in [0.5, 0.6) is 5.75 Å². The van der Waals surface area contributed by atoms with Crippen LogP contribution in [0.1, 0.15) is 33.1 Å². The van der Waals surface area contributed by atoms with E-state index < -0.39 is 6.04 Å². The SMILES string of the molecule is CCNC(=O)[C@H](C)NC(=O)[C@H]1CCCN(C(=O)CCOc2ccccc2)C1. The number of ether oxygens (including phenoxy) is 1. The van der Waals surface area contributed by atoms with Gasteiger partial charge in [-0.15, -0.1) is 0 Å². The molecule has 0 spiro atoms. The maximum atomic E-state index is 12.4. The zero-order valence-corrected chi connectivity index (χ0v) is 16.1. The van der Waals surface area contributed by atoms with E-state index >= 15 is 0 Å². The Morgan fingerprint density at radius 2 is 2.00 bits per heavy atom. The summed E-state index contributed by atoms with van der Waals surface area (Å²) in [5.74, 6) is 0.0646. The predicted octanol–water partition coefficient (Wildman–Crippen LogP) is 1.33. The zero-order chi connectivity index (χ0) is 19.6. The molecule has 0 aromatic heterocycles. The molecule has 27 heavy (non-hydrogen) atoms. The van der Waals surface area contributed by atoms with Crippen LogP contribution in [-0.4, -0.2) is 54.9 Å². The number of carbonyl (C=O) groups is 3. The van der Waals surface area contributed by atoms with E-state index in [2.05, 4.69) is 10.6 Å². The summed E-state index contributed by atoms with van der Waals surface area (Å²) in [6, 6.07) is 8.79. The normalized spacial score (nSPS) is 17.7. The lowest BCUT2D eigenvalue weighted by molar-refractivity contribution is -0.137. The maximum absolute atomic E-state index is 12.4. The number of rotatable bonds is 8. The van der Waals surface area contributed by atoms with Crippen molar-refractivity contribution in [1.29, 1.82) is 0 Å². The molecule has 1 aliphatic heterocycles. The van der Waals surface area contributed by atoms with Crippen molar-refractivity contribution in [3.63, 3.8) is 0 Å². The lowest BCUT2D eigenvalue weighted by Crippen LogP contribution is -2.50. The molecule has 0 unspecified atom stereocenters. The van der Waals surface area contributed by atoms with E-state index in [1.165, 1.54) is 0 Å². The van der Waals surface area contributed by atoms with Gasteiger partial charge in [-0.05, 0) is 38.8 Å². The van der Waals surface area contributed by atoms with E-state index in [0.29, 0.717) is 26.2 Å². The van der Waals surface area contributed by atoms with Crippen molar-refractivity contribution in [2.24, 2.45) is 5.92 Å². The van der Waals surface area contributed by atoms with E-state index in [-0.39, 0.29) is 30.1 Å². The Morgan fingerprint density at radius 3 is 2.70 bits per heavy atom. The highest BCUT2D eigenvalue weighted by Gasteiger charge is 2.29. The molecule has 0 saturated carbocycles. The van der Waals surface area contributed by atoms with Gasteiger partial charge in [0.2, 0.25) is 17.7 Å². The molecule has 1 aromatic carbocycles. The topological polar surface area (TPSA) is 87.7 Å². The van der Waals surface area contributed by atoms with Crippen LogP contribution >= 0.6 is 0 Å². The fourth-order valence-electron chi connectivity index (χ4n) is 3.07. The van der Waals surface area contributed by atoms with Gasteiger partial charge in [0.1, 0.15) is 11.8 Å². The van der Waals surface area contributed by atoms with Crippen LogP contribution in [0.25, 0.3) is 0 Å². The molecule has 3 amide bonds. The minimum absolute atomic E-state index is 0.0137. The third kappa shape index (κ3) is 6.58. The minimum Gasteiger partial charge on any atom is -0.493 e. The van der Waals surface area contributed by atoms with Crippen molar-refractivity contribution in [3.8, 4) is 5.75 Å². The number of nitrogens with one attached hydrogen (secondary N) is 2. The summed E-state index contributed by atoms with van der Waals surface area (Å²) in [6.45, 7) is 5.37. The number of nitrogens with zero attached hydrogens (tertiary/aromatic N) is 1. The van der Waals surface area contributed by atoms with Crippen LogP contribution in [0.4, 0.5) is 0 Å². The predicted molar refractivity (Wildman–Crippen MR) is 102 cm³/mol. The first-order valence-electron chi connectivity index (χ1n) is 9.55.